The van der Waals surface area contributed by atoms with E-state index in [1.54, 1.807) is 0 Å². The highest BCUT2D eigenvalue weighted by atomic mass is 31.2. The molecular formula is C20H32N5O16P. The summed E-state index contributed by atoms with van der Waals surface area (Å²) in [7, 11) is -5.54. The Morgan fingerprint density at radius 3 is 2.52 bits per heavy atom. The fraction of sp³-hybridized carbons (Fsp3) is 0.700. The Bertz CT molecular complexity index is 1240. The molecule has 2 fully saturated rings. The third kappa shape index (κ3) is 7.29. The number of phosphoric ester groups is 1. The van der Waals surface area contributed by atoms with Gasteiger partial charge >= 0.3 is 19.5 Å². The van der Waals surface area contributed by atoms with Gasteiger partial charge in [-0.2, -0.15) is 4.98 Å². The van der Waals surface area contributed by atoms with E-state index in [-0.39, 0.29) is 5.82 Å². The number of nitrogens with zero attached hydrogens (tertiary/aromatic N) is 2. The van der Waals surface area contributed by atoms with Crippen molar-refractivity contribution in [3.05, 3.63) is 22.7 Å². The number of phosphoric acid groups is 1. The summed E-state index contributed by atoms with van der Waals surface area (Å²) >= 11 is 0. The van der Waals surface area contributed by atoms with Crippen LogP contribution in [0, 0.1) is 0 Å². The van der Waals surface area contributed by atoms with Crippen LogP contribution in [0.1, 0.15) is 12.6 Å². The zero-order valence-corrected chi connectivity index (χ0v) is 22.4. The number of ether oxygens (including phenoxy) is 2. The molecule has 0 aliphatic carbocycles. The summed E-state index contributed by atoms with van der Waals surface area (Å²) in [4.78, 5) is 49.9. The third-order valence-corrected chi connectivity index (χ3v) is 7.46. The fourth-order valence-corrected chi connectivity index (χ4v) is 5.28. The number of carbonyl (C=O) groups excluding carboxylic acids is 1. The first kappa shape index (κ1) is 33.9. The van der Waals surface area contributed by atoms with Crippen LogP contribution in [0.15, 0.2) is 17.1 Å². The smallest absolute Gasteiger partial charge is 0.475 e. The minimum atomic E-state index is -5.54. The van der Waals surface area contributed by atoms with E-state index in [9.17, 15) is 59.6 Å². The molecule has 0 aromatic carbocycles. The number of aliphatic hydroxyl groups excluding tert-OH is 6. The maximum Gasteiger partial charge on any atom is 0.475 e. The molecule has 1 amide bonds. The minimum absolute atomic E-state index is 0.140. The molecule has 3 rings (SSSR count). The summed E-state index contributed by atoms with van der Waals surface area (Å²) in [5.74, 6) is -6.39. The van der Waals surface area contributed by atoms with Gasteiger partial charge in [-0.25, -0.2) is 18.7 Å². The Hall–Kier alpha value is -2.63. The summed E-state index contributed by atoms with van der Waals surface area (Å²) in [6.07, 6.45) is -14.9. The van der Waals surface area contributed by atoms with E-state index >= 15 is 0 Å². The predicted octanol–water partition coefficient (Wildman–Crippen LogP) is -6.33. The lowest BCUT2D eigenvalue weighted by Gasteiger charge is -2.46. The van der Waals surface area contributed by atoms with Crippen molar-refractivity contribution in [3.8, 4) is 0 Å². The standard InChI is InChI=1S/C20H32N5O16P/c21-4-11(29)24-12-7(27)3-20(18(33)34,40-16(12)13(30)8(28)5-26)41-42(36,37)38-6-9-14(31)15(32)17(39-9)25-2-1-10(22)23-19(25)35/h1-2,7-9,12-17,26-28,30-32H,3-6,21H2,(H,24,29)(H,33,34)(H,36,37)(H2,22,23,35)/t7?,8-,9-,12?,13?,14?,15?,16?,17-,20?/m1/s1. The lowest BCUT2D eigenvalue weighted by Crippen LogP contribution is -2.68. The van der Waals surface area contributed by atoms with Crippen LogP contribution >= 0.6 is 7.82 Å². The zero-order chi connectivity index (χ0) is 31.6. The van der Waals surface area contributed by atoms with Crippen LogP contribution in [-0.2, 0) is 32.7 Å². The fourth-order valence-electron chi connectivity index (χ4n) is 4.33. The first-order valence-corrected chi connectivity index (χ1v) is 13.7. The molecule has 2 aliphatic heterocycles. The van der Waals surface area contributed by atoms with Gasteiger partial charge in [-0.1, -0.05) is 0 Å². The summed E-state index contributed by atoms with van der Waals surface area (Å²) in [6.45, 7) is -2.71. The predicted molar refractivity (Wildman–Crippen MR) is 132 cm³/mol. The molecule has 238 valence electrons. The van der Waals surface area contributed by atoms with Gasteiger partial charge in [0.25, 0.3) is 5.79 Å². The maximum atomic E-state index is 12.8. The van der Waals surface area contributed by atoms with Crippen molar-refractivity contribution in [2.24, 2.45) is 5.73 Å². The van der Waals surface area contributed by atoms with Crippen LogP contribution < -0.4 is 22.5 Å². The molecule has 21 nitrogen and oxygen atoms in total. The van der Waals surface area contributed by atoms with E-state index in [0.717, 1.165) is 10.8 Å². The van der Waals surface area contributed by atoms with Crippen molar-refractivity contribution in [1.29, 1.82) is 0 Å². The molecule has 2 aliphatic rings. The normalized spacial score (nSPS) is 34.3. The quantitative estimate of drug-likeness (QED) is 0.0957. The molecule has 1 aromatic heterocycles. The molecule has 2 saturated heterocycles. The molecule has 0 bridgehead atoms. The monoisotopic (exact) mass is 629 g/mol. The summed E-state index contributed by atoms with van der Waals surface area (Å²) in [5.41, 5.74) is 9.68. The van der Waals surface area contributed by atoms with Gasteiger partial charge in [0.2, 0.25) is 5.91 Å². The number of aromatic nitrogens is 2. The van der Waals surface area contributed by atoms with Crippen LogP contribution in [0.2, 0.25) is 0 Å². The Balaban J connectivity index is 1.79. The van der Waals surface area contributed by atoms with Crippen molar-refractivity contribution in [3.63, 3.8) is 0 Å². The van der Waals surface area contributed by atoms with Gasteiger partial charge in [-0.05, 0) is 6.07 Å². The molecule has 13 N–H and O–H groups in total. The number of rotatable bonds is 12. The molecule has 0 saturated carbocycles. The molecular weight excluding hydrogens is 597 g/mol. The Kier molecular flexibility index (Phi) is 10.8. The van der Waals surface area contributed by atoms with Gasteiger partial charge in [0.05, 0.1) is 31.9 Å². The molecule has 3 heterocycles. The Morgan fingerprint density at radius 2 is 1.95 bits per heavy atom. The van der Waals surface area contributed by atoms with Crippen molar-refractivity contribution in [1.82, 2.24) is 14.9 Å². The van der Waals surface area contributed by atoms with Crippen molar-refractivity contribution in [2.75, 3.05) is 25.5 Å². The summed E-state index contributed by atoms with van der Waals surface area (Å²) in [6, 6.07) is -0.442. The van der Waals surface area contributed by atoms with E-state index in [2.05, 4.69) is 10.3 Å². The van der Waals surface area contributed by atoms with Gasteiger partial charge in [0.1, 0.15) is 42.4 Å². The Labute approximate surface area is 235 Å². The zero-order valence-electron chi connectivity index (χ0n) is 21.5. The number of anilines is 1. The van der Waals surface area contributed by atoms with E-state index < -0.39 is 112 Å². The average molecular weight is 629 g/mol. The van der Waals surface area contributed by atoms with Crippen molar-refractivity contribution in [2.45, 2.75) is 67.2 Å². The highest BCUT2D eigenvalue weighted by Crippen LogP contribution is 2.51. The number of hydrogen-bond donors (Lipinski definition) is 11. The topological polar surface area (TPSA) is 349 Å². The van der Waals surface area contributed by atoms with Crippen LogP contribution in [0.25, 0.3) is 0 Å². The van der Waals surface area contributed by atoms with Gasteiger partial charge in [0, 0.05) is 12.6 Å². The number of nitrogens with two attached hydrogens (primary N) is 2. The summed E-state index contributed by atoms with van der Waals surface area (Å²) in [5, 5.41) is 72.8. The van der Waals surface area contributed by atoms with E-state index in [4.69, 9.17) is 30.0 Å². The van der Waals surface area contributed by atoms with Crippen molar-refractivity contribution < 1.29 is 73.3 Å². The van der Waals surface area contributed by atoms with Crippen LogP contribution in [0.3, 0.4) is 0 Å². The van der Waals surface area contributed by atoms with Crippen LogP contribution in [-0.4, -0.2) is 136 Å². The van der Waals surface area contributed by atoms with Crippen LogP contribution in [0.4, 0.5) is 5.82 Å². The largest absolute Gasteiger partial charge is 0.477 e. The number of aliphatic carboxylic acids is 1. The first-order valence-electron chi connectivity index (χ1n) is 12.2. The molecule has 0 radical (unpaired) electrons. The van der Waals surface area contributed by atoms with Gasteiger partial charge in [0.15, 0.2) is 6.23 Å². The molecule has 0 spiro atoms. The SMILES string of the molecule is NCC(=O)NC1C(O)CC(OP(=O)(O)OC[C@H]2O[C@@H](n3ccc(N)nc3=O)C(O)C2O)(C(=O)O)OC1C(O)[C@H](O)CO. The van der Waals surface area contributed by atoms with E-state index in [0.29, 0.717) is 0 Å². The maximum absolute atomic E-state index is 12.8. The Morgan fingerprint density at radius 1 is 1.29 bits per heavy atom. The average Bonchev–Trinajstić information content (AvgIpc) is 3.20. The minimum Gasteiger partial charge on any atom is -0.477 e. The second kappa shape index (κ2) is 13.3. The third-order valence-electron chi connectivity index (χ3n) is 6.46. The van der Waals surface area contributed by atoms with E-state index in [1.807, 2.05) is 0 Å². The first-order chi connectivity index (χ1) is 19.6. The molecule has 11 atom stereocenters. The number of carboxylic acids is 1. The van der Waals surface area contributed by atoms with Crippen molar-refractivity contribution >= 4 is 25.5 Å². The molecule has 8 unspecified atom stereocenters. The number of carboxylic acid groups (broad SMARTS) is 1. The number of amides is 1. The van der Waals surface area contributed by atoms with E-state index in [1.165, 1.54) is 6.07 Å². The number of carbonyl (C=O) groups is 2. The van der Waals surface area contributed by atoms with Gasteiger partial charge in [-0.3, -0.25) is 13.9 Å². The number of aliphatic hydroxyl groups is 6. The highest BCUT2D eigenvalue weighted by molar-refractivity contribution is 7.47. The lowest BCUT2D eigenvalue weighted by atomic mass is 9.88. The summed E-state index contributed by atoms with van der Waals surface area (Å²) < 4.78 is 33.7. The van der Waals surface area contributed by atoms with Crippen LogP contribution in [0.5, 0.6) is 0 Å². The second-order valence-corrected chi connectivity index (χ2v) is 10.8. The lowest BCUT2D eigenvalue weighted by molar-refractivity contribution is -0.289. The second-order valence-electron chi connectivity index (χ2n) is 9.39. The van der Waals surface area contributed by atoms with Gasteiger partial charge in [-0.15, -0.1) is 0 Å². The molecule has 42 heavy (non-hydrogen) atoms. The number of nitrogens with one attached hydrogen (secondary N) is 1. The number of hydrogen-bond acceptors (Lipinski definition) is 17. The molecule has 1 aromatic rings. The number of nitrogen functional groups attached to an aromatic ring is 1. The van der Waals surface area contributed by atoms with Gasteiger partial charge < -0.3 is 66.9 Å². The molecule has 22 heteroatoms. The highest BCUT2D eigenvalue weighted by Gasteiger charge is 2.59.